The van der Waals surface area contributed by atoms with Gasteiger partial charge in [0, 0.05) is 11.1 Å². The predicted octanol–water partition coefficient (Wildman–Crippen LogP) is 4.65. The third-order valence-corrected chi connectivity index (χ3v) is 3.94. The zero-order valence-electron chi connectivity index (χ0n) is 13.2. The van der Waals surface area contributed by atoms with Crippen molar-refractivity contribution >= 4 is 46.3 Å². The van der Waals surface area contributed by atoms with Gasteiger partial charge in [-0.15, -0.1) is 0 Å². The molecule has 1 amide bonds. The molecule has 0 aliphatic carbocycles. The number of rotatable bonds is 4. The Bertz CT molecular complexity index is 1020. The molecule has 0 atom stereocenters. The number of nitriles is 1. The van der Waals surface area contributed by atoms with Gasteiger partial charge in [0.05, 0.1) is 22.0 Å². The van der Waals surface area contributed by atoms with Crippen LogP contribution in [-0.4, -0.2) is 15.9 Å². The first-order valence-electron chi connectivity index (χ1n) is 7.41. The van der Waals surface area contributed by atoms with Crippen molar-refractivity contribution < 1.29 is 4.79 Å². The Morgan fingerprint density at radius 2 is 1.85 bits per heavy atom. The van der Waals surface area contributed by atoms with Gasteiger partial charge >= 0.3 is 0 Å². The maximum atomic E-state index is 12.4. The number of hydrogen-bond acceptors (Lipinski definition) is 5. The summed E-state index contributed by atoms with van der Waals surface area (Å²) in [6.07, 6.45) is 1.26. The Labute approximate surface area is 159 Å². The fraction of sp³-hybridized carbons (Fsp3) is 0. The molecular weight excluding hydrogens is 373 g/mol. The van der Waals surface area contributed by atoms with Crippen LogP contribution < -0.4 is 10.6 Å². The first-order valence-corrected chi connectivity index (χ1v) is 8.17. The minimum Gasteiger partial charge on any atom is -0.339 e. The van der Waals surface area contributed by atoms with Gasteiger partial charge in [0.15, 0.2) is 0 Å². The van der Waals surface area contributed by atoms with E-state index in [1.54, 1.807) is 36.4 Å². The molecule has 6 nitrogen and oxygen atoms in total. The van der Waals surface area contributed by atoms with Crippen molar-refractivity contribution in [1.82, 2.24) is 9.97 Å². The highest BCUT2D eigenvalue weighted by Crippen LogP contribution is 2.26. The van der Waals surface area contributed by atoms with E-state index in [0.29, 0.717) is 32.8 Å². The summed E-state index contributed by atoms with van der Waals surface area (Å²) in [5, 5.41) is 15.6. The highest BCUT2D eigenvalue weighted by molar-refractivity contribution is 6.36. The molecule has 0 spiro atoms. The van der Waals surface area contributed by atoms with E-state index >= 15 is 0 Å². The molecule has 1 aromatic heterocycles. The summed E-state index contributed by atoms with van der Waals surface area (Å²) in [4.78, 5) is 20.4. The number of para-hydroxylation sites is 1. The fourth-order valence-electron chi connectivity index (χ4n) is 2.15. The molecule has 3 rings (SSSR count). The second kappa shape index (κ2) is 7.83. The summed E-state index contributed by atoms with van der Waals surface area (Å²) in [5.41, 5.74) is 1.61. The molecule has 8 heteroatoms. The lowest BCUT2D eigenvalue weighted by atomic mass is 10.2. The molecule has 3 aromatic rings. The Kier molecular flexibility index (Phi) is 5.32. The standard InChI is InChI=1S/C18H11Cl2N5O/c19-12-5-6-15(13(20)7-12)25-18(26)16-8-17(23-10-22-16)24-14-4-2-1-3-11(14)9-21/h1-8,10H,(H,25,26)(H,22,23,24). The highest BCUT2D eigenvalue weighted by Gasteiger charge is 2.12. The van der Waals surface area contributed by atoms with Crippen molar-refractivity contribution in [3.05, 3.63) is 76.2 Å². The number of carbonyl (C=O) groups excluding carboxylic acids is 1. The average molecular weight is 384 g/mol. The van der Waals surface area contributed by atoms with Crippen molar-refractivity contribution in [3.8, 4) is 6.07 Å². The summed E-state index contributed by atoms with van der Waals surface area (Å²) >= 11 is 11.9. The number of benzene rings is 2. The number of carbonyl (C=O) groups is 1. The van der Waals surface area contributed by atoms with Crippen molar-refractivity contribution in [2.24, 2.45) is 0 Å². The molecule has 2 aromatic carbocycles. The van der Waals surface area contributed by atoms with Crippen molar-refractivity contribution in [3.63, 3.8) is 0 Å². The van der Waals surface area contributed by atoms with E-state index in [2.05, 4.69) is 26.7 Å². The lowest BCUT2D eigenvalue weighted by Crippen LogP contribution is -2.14. The van der Waals surface area contributed by atoms with Gasteiger partial charge < -0.3 is 10.6 Å². The Morgan fingerprint density at radius 3 is 2.62 bits per heavy atom. The number of aromatic nitrogens is 2. The molecule has 0 aliphatic heterocycles. The minimum atomic E-state index is -0.451. The van der Waals surface area contributed by atoms with Crippen LogP contribution in [0.4, 0.5) is 17.2 Å². The molecule has 0 fully saturated rings. The zero-order chi connectivity index (χ0) is 18.5. The van der Waals surface area contributed by atoms with E-state index in [0.717, 1.165) is 0 Å². The van der Waals surface area contributed by atoms with E-state index in [1.807, 2.05) is 0 Å². The Morgan fingerprint density at radius 1 is 1.04 bits per heavy atom. The van der Waals surface area contributed by atoms with Gasteiger partial charge in [-0.05, 0) is 30.3 Å². The normalized spacial score (nSPS) is 10.0. The van der Waals surface area contributed by atoms with Crippen LogP contribution in [-0.2, 0) is 0 Å². The summed E-state index contributed by atoms with van der Waals surface area (Å²) in [7, 11) is 0. The van der Waals surface area contributed by atoms with Crippen molar-refractivity contribution in [2.45, 2.75) is 0 Å². The van der Waals surface area contributed by atoms with Crippen LogP contribution in [0.2, 0.25) is 10.0 Å². The minimum absolute atomic E-state index is 0.142. The maximum absolute atomic E-state index is 12.4. The lowest BCUT2D eigenvalue weighted by molar-refractivity contribution is 0.102. The first-order chi connectivity index (χ1) is 12.6. The largest absolute Gasteiger partial charge is 0.339 e. The number of amides is 1. The van der Waals surface area contributed by atoms with E-state index < -0.39 is 5.91 Å². The Hall–Kier alpha value is -3.14. The van der Waals surface area contributed by atoms with Crippen LogP contribution in [0.15, 0.2) is 54.9 Å². The molecule has 2 N–H and O–H groups in total. The second-order valence-corrected chi connectivity index (χ2v) is 5.99. The second-order valence-electron chi connectivity index (χ2n) is 5.15. The quantitative estimate of drug-likeness (QED) is 0.683. The van der Waals surface area contributed by atoms with Crippen molar-refractivity contribution in [2.75, 3.05) is 10.6 Å². The molecular formula is C18H11Cl2N5O. The SMILES string of the molecule is N#Cc1ccccc1Nc1cc(C(=O)Nc2ccc(Cl)cc2Cl)ncn1. The molecule has 0 saturated carbocycles. The number of anilines is 3. The summed E-state index contributed by atoms with van der Waals surface area (Å²) in [6.45, 7) is 0. The predicted molar refractivity (Wildman–Crippen MR) is 101 cm³/mol. The molecule has 0 bridgehead atoms. The topological polar surface area (TPSA) is 90.7 Å². The van der Waals surface area contributed by atoms with Gasteiger partial charge in [0.1, 0.15) is 23.9 Å². The van der Waals surface area contributed by atoms with Gasteiger partial charge in [0.2, 0.25) is 0 Å². The van der Waals surface area contributed by atoms with Crippen LogP contribution in [0.3, 0.4) is 0 Å². The summed E-state index contributed by atoms with van der Waals surface area (Å²) in [6, 6.07) is 15.3. The molecule has 1 heterocycles. The van der Waals surface area contributed by atoms with Gasteiger partial charge in [0.25, 0.3) is 5.91 Å². The van der Waals surface area contributed by atoms with E-state index in [1.165, 1.54) is 18.5 Å². The van der Waals surface area contributed by atoms with E-state index in [4.69, 9.17) is 28.5 Å². The number of hydrogen-bond donors (Lipinski definition) is 2. The first kappa shape index (κ1) is 17.7. The molecule has 26 heavy (non-hydrogen) atoms. The number of halogens is 2. The van der Waals surface area contributed by atoms with Gasteiger partial charge in [-0.2, -0.15) is 5.26 Å². The third-order valence-electron chi connectivity index (χ3n) is 3.39. The Balaban J connectivity index is 1.80. The van der Waals surface area contributed by atoms with E-state index in [9.17, 15) is 4.79 Å². The van der Waals surface area contributed by atoms with Crippen LogP contribution in [0.1, 0.15) is 16.1 Å². The van der Waals surface area contributed by atoms with Crippen LogP contribution in [0.5, 0.6) is 0 Å². The van der Waals surface area contributed by atoms with Crippen LogP contribution in [0.25, 0.3) is 0 Å². The average Bonchev–Trinajstić information content (AvgIpc) is 2.64. The maximum Gasteiger partial charge on any atom is 0.274 e. The summed E-state index contributed by atoms with van der Waals surface area (Å²) in [5.74, 6) is -0.0664. The van der Waals surface area contributed by atoms with Gasteiger partial charge in [-0.1, -0.05) is 35.3 Å². The third kappa shape index (κ3) is 4.09. The number of nitrogens with one attached hydrogen (secondary N) is 2. The van der Waals surface area contributed by atoms with E-state index in [-0.39, 0.29) is 5.69 Å². The summed E-state index contributed by atoms with van der Waals surface area (Å²) < 4.78 is 0. The monoisotopic (exact) mass is 383 g/mol. The van der Waals surface area contributed by atoms with Gasteiger partial charge in [-0.3, -0.25) is 4.79 Å². The van der Waals surface area contributed by atoms with Crippen LogP contribution >= 0.6 is 23.2 Å². The number of nitrogens with zero attached hydrogens (tertiary/aromatic N) is 3. The molecule has 0 saturated heterocycles. The highest BCUT2D eigenvalue weighted by atomic mass is 35.5. The molecule has 0 unspecified atom stereocenters. The van der Waals surface area contributed by atoms with Crippen molar-refractivity contribution in [1.29, 1.82) is 5.26 Å². The molecule has 0 radical (unpaired) electrons. The zero-order valence-corrected chi connectivity index (χ0v) is 14.7. The smallest absolute Gasteiger partial charge is 0.274 e. The van der Waals surface area contributed by atoms with Gasteiger partial charge in [-0.25, -0.2) is 9.97 Å². The lowest BCUT2D eigenvalue weighted by Gasteiger charge is -2.09. The molecule has 0 aliphatic rings. The molecule has 128 valence electrons. The van der Waals surface area contributed by atoms with Crippen LogP contribution in [0, 0.1) is 11.3 Å². The fourth-order valence-corrected chi connectivity index (χ4v) is 2.61.